The van der Waals surface area contributed by atoms with Gasteiger partial charge in [0, 0.05) is 19.5 Å². The molecule has 178 valence electrons. The van der Waals surface area contributed by atoms with Crippen LogP contribution in [0.2, 0.25) is 0 Å². The van der Waals surface area contributed by atoms with E-state index in [4.69, 9.17) is 4.74 Å². The molecule has 3 aromatic rings. The molecule has 1 N–H and O–H groups in total. The Morgan fingerprint density at radius 2 is 1.53 bits per heavy atom. The lowest BCUT2D eigenvalue weighted by atomic mass is 10.0. The minimum Gasteiger partial charge on any atom is -0.484 e. The third-order valence-corrected chi connectivity index (χ3v) is 5.50. The number of aryl methyl sites for hydroxylation is 1. The fraction of sp³-hybridized carbons (Fsp3) is 0.310. The molecule has 1 atom stereocenters. The summed E-state index contributed by atoms with van der Waals surface area (Å²) in [4.78, 5) is 28.5. The Bertz CT molecular complexity index is 1050. The summed E-state index contributed by atoms with van der Waals surface area (Å²) in [5.41, 5.74) is 3.01. The molecule has 0 heterocycles. The lowest BCUT2D eigenvalue weighted by Crippen LogP contribution is -2.52. The van der Waals surface area contributed by atoms with Gasteiger partial charge in [-0.15, -0.1) is 0 Å². The maximum absolute atomic E-state index is 13.5. The van der Waals surface area contributed by atoms with Crippen LogP contribution in [0.3, 0.4) is 0 Å². The minimum atomic E-state index is -0.657. The Labute approximate surface area is 202 Å². The largest absolute Gasteiger partial charge is 0.484 e. The van der Waals surface area contributed by atoms with E-state index in [0.717, 1.165) is 16.7 Å². The highest BCUT2D eigenvalue weighted by Crippen LogP contribution is 2.17. The Hall–Kier alpha value is -3.60. The van der Waals surface area contributed by atoms with Crippen molar-refractivity contribution in [1.82, 2.24) is 10.2 Å². The zero-order chi connectivity index (χ0) is 24.3. The van der Waals surface area contributed by atoms with Gasteiger partial charge in [-0.1, -0.05) is 86.6 Å². The van der Waals surface area contributed by atoms with Crippen LogP contribution in [-0.2, 0) is 22.6 Å². The van der Waals surface area contributed by atoms with Crippen molar-refractivity contribution in [3.63, 3.8) is 0 Å². The van der Waals surface area contributed by atoms with Crippen LogP contribution in [0.1, 0.15) is 30.5 Å². The summed E-state index contributed by atoms with van der Waals surface area (Å²) in [5, 5.41) is 3.03. The van der Waals surface area contributed by atoms with Crippen molar-refractivity contribution < 1.29 is 14.3 Å². The van der Waals surface area contributed by atoms with Gasteiger partial charge in [0.1, 0.15) is 11.8 Å². The number of rotatable bonds is 11. The standard InChI is InChI=1S/C29H34N2O3/c1-22(2)19-30-29(33)27(18-24-12-6-4-7-13-24)31(20-25-14-8-5-9-15-25)28(32)21-34-26-16-10-11-23(3)17-26/h4-17,22,27H,18-21H2,1-3H3,(H,30,33)/t27-/m1/s1. The molecule has 3 rings (SSSR count). The molecule has 0 fully saturated rings. The van der Waals surface area contributed by atoms with Crippen molar-refractivity contribution in [2.75, 3.05) is 13.2 Å². The van der Waals surface area contributed by atoms with Gasteiger partial charge in [0.15, 0.2) is 6.61 Å². The average molecular weight is 459 g/mol. The maximum atomic E-state index is 13.5. The number of benzene rings is 3. The van der Waals surface area contributed by atoms with Gasteiger partial charge in [-0.05, 0) is 41.7 Å². The molecule has 3 aromatic carbocycles. The van der Waals surface area contributed by atoms with Crippen molar-refractivity contribution in [1.29, 1.82) is 0 Å². The van der Waals surface area contributed by atoms with Crippen LogP contribution >= 0.6 is 0 Å². The summed E-state index contributed by atoms with van der Waals surface area (Å²) >= 11 is 0. The van der Waals surface area contributed by atoms with Crippen LogP contribution in [0.25, 0.3) is 0 Å². The summed E-state index contributed by atoms with van der Waals surface area (Å²) in [7, 11) is 0. The van der Waals surface area contributed by atoms with E-state index >= 15 is 0 Å². The molecule has 0 saturated heterocycles. The summed E-state index contributed by atoms with van der Waals surface area (Å²) in [6, 6.07) is 26.5. The molecule has 0 saturated carbocycles. The number of hydrogen-bond acceptors (Lipinski definition) is 3. The number of nitrogens with one attached hydrogen (secondary N) is 1. The van der Waals surface area contributed by atoms with Crippen molar-refractivity contribution in [2.45, 2.75) is 39.8 Å². The van der Waals surface area contributed by atoms with E-state index in [1.165, 1.54) is 0 Å². The Morgan fingerprint density at radius 1 is 0.882 bits per heavy atom. The first kappa shape index (κ1) is 25.0. The average Bonchev–Trinajstić information content (AvgIpc) is 2.84. The van der Waals surface area contributed by atoms with Crippen molar-refractivity contribution in [3.8, 4) is 5.75 Å². The number of carbonyl (C=O) groups is 2. The Balaban J connectivity index is 1.87. The summed E-state index contributed by atoms with van der Waals surface area (Å²) in [6.07, 6.45) is 0.424. The van der Waals surface area contributed by atoms with Gasteiger partial charge in [-0.25, -0.2) is 0 Å². The zero-order valence-corrected chi connectivity index (χ0v) is 20.2. The molecule has 2 amide bonds. The van der Waals surface area contributed by atoms with Crippen LogP contribution in [0.4, 0.5) is 0 Å². The summed E-state index contributed by atoms with van der Waals surface area (Å²) in [5.74, 6) is 0.560. The number of ether oxygens (including phenoxy) is 1. The molecular weight excluding hydrogens is 424 g/mol. The second-order valence-corrected chi connectivity index (χ2v) is 8.96. The quantitative estimate of drug-likeness (QED) is 0.450. The van der Waals surface area contributed by atoms with Crippen LogP contribution in [0, 0.1) is 12.8 Å². The second-order valence-electron chi connectivity index (χ2n) is 8.96. The molecule has 0 aromatic heterocycles. The van der Waals surface area contributed by atoms with Crippen LogP contribution in [0.5, 0.6) is 5.75 Å². The molecular formula is C29H34N2O3. The highest BCUT2D eigenvalue weighted by Gasteiger charge is 2.30. The summed E-state index contributed by atoms with van der Waals surface area (Å²) in [6.45, 7) is 6.81. The second kappa shape index (κ2) is 12.6. The van der Waals surface area contributed by atoms with Gasteiger partial charge in [-0.2, -0.15) is 0 Å². The van der Waals surface area contributed by atoms with Crippen molar-refractivity contribution in [3.05, 3.63) is 102 Å². The van der Waals surface area contributed by atoms with Gasteiger partial charge < -0.3 is 15.0 Å². The van der Waals surface area contributed by atoms with Crippen molar-refractivity contribution >= 4 is 11.8 Å². The van der Waals surface area contributed by atoms with Gasteiger partial charge in [0.05, 0.1) is 0 Å². The SMILES string of the molecule is Cc1cccc(OCC(=O)N(Cc2ccccc2)[C@H](Cc2ccccc2)C(=O)NCC(C)C)c1. The van der Waals surface area contributed by atoms with Crippen LogP contribution < -0.4 is 10.1 Å². The van der Waals surface area contributed by atoms with Crippen molar-refractivity contribution in [2.24, 2.45) is 5.92 Å². The van der Waals surface area contributed by atoms with Gasteiger partial charge in [-0.3, -0.25) is 9.59 Å². The van der Waals surface area contributed by atoms with Crippen LogP contribution in [0.15, 0.2) is 84.9 Å². The van der Waals surface area contributed by atoms with E-state index < -0.39 is 6.04 Å². The number of nitrogens with zero attached hydrogens (tertiary/aromatic N) is 1. The molecule has 0 unspecified atom stereocenters. The maximum Gasteiger partial charge on any atom is 0.261 e. The smallest absolute Gasteiger partial charge is 0.261 e. The lowest BCUT2D eigenvalue weighted by molar-refractivity contribution is -0.142. The van der Waals surface area contributed by atoms with Crippen LogP contribution in [-0.4, -0.2) is 35.9 Å². The molecule has 0 aliphatic carbocycles. The van der Waals surface area contributed by atoms with E-state index in [2.05, 4.69) is 19.2 Å². The first-order chi connectivity index (χ1) is 16.4. The number of hydrogen-bond donors (Lipinski definition) is 1. The predicted octanol–water partition coefficient (Wildman–Crippen LogP) is 4.79. The summed E-state index contributed by atoms with van der Waals surface area (Å²) < 4.78 is 5.82. The van der Waals surface area contributed by atoms with Gasteiger partial charge >= 0.3 is 0 Å². The molecule has 0 aliphatic rings. The number of carbonyl (C=O) groups excluding carboxylic acids is 2. The fourth-order valence-corrected chi connectivity index (χ4v) is 3.69. The molecule has 0 radical (unpaired) electrons. The fourth-order valence-electron chi connectivity index (χ4n) is 3.69. The highest BCUT2D eigenvalue weighted by atomic mass is 16.5. The van der Waals surface area contributed by atoms with E-state index in [9.17, 15) is 9.59 Å². The van der Waals surface area contributed by atoms with E-state index in [-0.39, 0.29) is 18.4 Å². The molecule has 0 spiro atoms. The van der Waals surface area contributed by atoms with E-state index in [1.807, 2.05) is 91.9 Å². The Morgan fingerprint density at radius 3 is 2.15 bits per heavy atom. The first-order valence-corrected chi connectivity index (χ1v) is 11.8. The molecule has 34 heavy (non-hydrogen) atoms. The monoisotopic (exact) mass is 458 g/mol. The van der Waals surface area contributed by atoms with Gasteiger partial charge in [0.25, 0.3) is 5.91 Å². The molecule has 0 aliphatic heterocycles. The third kappa shape index (κ3) is 7.77. The normalized spacial score (nSPS) is 11.6. The molecule has 5 nitrogen and oxygen atoms in total. The first-order valence-electron chi connectivity index (χ1n) is 11.8. The zero-order valence-electron chi connectivity index (χ0n) is 20.2. The third-order valence-electron chi connectivity index (χ3n) is 5.50. The highest BCUT2D eigenvalue weighted by molar-refractivity contribution is 5.88. The topological polar surface area (TPSA) is 58.6 Å². The van der Waals surface area contributed by atoms with E-state index in [1.54, 1.807) is 4.90 Å². The van der Waals surface area contributed by atoms with Gasteiger partial charge in [0.2, 0.25) is 5.91 Å². The predicted molar refractivity (Wildman–Crippen MR) is 135 cm³/mol. The lowest BCUT2D eigenvalue weighted by Gasteiger charge is -2.31. The number of amides is 2. The Kier molecular flexibility index (Phi) is 9.27. The minimum absolute atomic E-state index is 0.140. The van der Waals surface area contributed by atoms with E-state index in [0.29, 0.717) is 31.2 Å². The molecule has 0 bridgehead atoms. The molecule has 5 heteroatoms.